The number of anilines is 1. The molecule has 2 aromatic rings. The Kier molecular flexibility index (Phi) is 6.54. The van der Waals surface area contributed by atoms with Gasteiger partial charge in [-0.2, -0.15) is 0 Å². The molecule has 2 rings (SSSR count). The van der Waals surface area contributed by atoms with E-state index in [0.29, 0.717) is 15.7 Å². The second kappa shape index (κ2) is 8.64. The maximum absolute atomic E-state index is 12.1. The molecular weight excluding hydrogens is 385 g/mol. The Bertz CT molecular complexity index is 815. The molecule has 0 spiro atoms. The smallest absolute Gasteiger partial charge is 0.335 e. The number of aromatic carboxylic acids is 1. The third-order valence-corrected chi connectivity index (χ3v) is 4.00. The highest BCUT2D eigenvalue weighted by atomic mass is 35.5. The van der Waals surface area contributed by atoms with E-state index in [2.05, 4.69) is 5.32 Å². The molecule has 0 aliphatic rings. The van der Waals surface area contributed by atoms with Crippen LogP contribution in [-0.4, -0.2) is 37.8 Å². The maximum atomic E-state index is 12.1. The normalized spacial score (nSPS) is 10.2. The molecule has 0 fully saturated rings. The molecule has 0 aliphatic heterocycles. The van der Waals surface area contributed by atoms with E-state index in [1.807, 2.05) is 0 Å². The number of halogens is 2. The van der Waals surface area contributed by atoms with Gasteiger partial charge in [0.25, 0.3) is 5.91 Å². The fourth-order valence-corrected chi connectivity index (χ4v) is 2.35. The molecule has 7 nitrogen and oxygen atoms in total. The zero-order valence-corrected chi connectivity index (χ0v) is 15.4. The molecule has 0 bridgehead atoms. The summed E-state index contributed by atoms with van der Waals surface area (Å²) in [5.41, 5.74) is 0.416. The second-order valence-corrected chi connectivity index (χ2v) is 5.80. The lowest BCUT2D eigenvalue weighted by Crippen LogP contribution is -2.20. The first kappa shape index (κ1) is 19.7. The highest BCUT2D eigenvalue weighted by molar-refractivity contribution is 6.42. The number of rotatable bonds is 7. The first-order valence-electron chi connectivity index (χ1n) is 7.22. The van der Waals surface area contributed by atoms with E-state index in [4.69, 9.17) is 42.5 Å². The van der Waals surface area contributed by atoms with Crippen LogP contribution >= 0.6 is 23.2 Å². The summed E-state index contributed by atoms with van der Waals surface area (Å²) in [6, 6.07) is 7.20. The van der Waals surface area contributed by atoms with Gasteiger partial charge in [-0.3, -0.25) is 4.79 Å². The van der Waals surface area contributed by atoms with Crippen molar-refractivity contribution in [2.24, 2.45) is 0 Å². The van der Waals surface area contributed by atoms with Gasteiger partial charge in [0, 0.05) is 5.69 Å². The van der Waals surface area contributed by atoms with Crippen molar-refractivity contribution in [1.29, 1.82) is 0 Å². The minimum Gasteiger partial charge on any atom is -0.493 e. The molecular formula is C17H15Cl2NO6. The molecule has 0 saturated heterocycles. The number of carboxylic acids is 1. The van der Waals surface area contributed by atoms with Crippen molar-refractivity contribution in [3.8, 4) is 17.2 Å². The summed E-state index contributed by atoms with van der Waals surface area (Å²) in [7, 11) is 2.70. The van der Waals surface area contributed by atoms with E-state index in [1.165, 1.54) is 32.4 Å². The number of carbonyl (C=O) groups excluding carboxylic acids is 1. The van der Waals surface area contributed by atoms with Crippen LogP contribution in [0.3, 0.4) is 0 Å². The highest BCUT2D eigenvalue weighted by Gasteiger charge is 2.18. The van der Waals surface area contributed by atoms with Crippen LogP contribution in [0.2, 0.25) is 10.0 Å². The SMILES string of the molecule is COc1cc(C(=O)O)cc(OC)c1OCC(=O)Nc1ccc(Cl)c(Cl)c1. The van der Waals surface area contributed by atoms with Gasteiger partial charge in [-0.05, 0) is 30.3 Å². The number of amides is 1. The summed E-state index contributed by atoms with van der Waals surface area (Å²) in [6.45, 7) is -0.362. The average Bonchev–Trinajstić information content (AvgIpc) is 2.62. The van der Waals surface area contributed by atoms with Crippen molar-refractivity contribution in [2.75, 3.05) is 26.1 Å². The standard InChI is InChI=1S/C17H15Cl2NO6/c1-24-13-5-9(17(22)23)6-14(25-2)16(13)26-8-15(21)20-10-3-4-11(18)12(19)7-10/h3-7H,8H2,1-2H3,(H,20,21)(H,22,23). The number of hydrogen-bond donors (Lipinski definition) is 2. The predicted octanol–water partition coefficient (Wildman–Crippen LogP) is 3.73. The Morgan fingerprint density at radius 3 is 2.15 bits per heavy atom. The van der Waals surface area contributed by atoms with Crippen LogP contribution in [0.1, 0.15) is 10.4 Å². The molecule has 26 heavy (non-hydrogen) atoms. The molecule has 9 heteroatoms. The average molecular weight is 400 g/mol. The van der Waals surface area contributed by atoms with Crippen molar-refractivity contribution in [2.45, 2.75) is 0 Å². The molecule has 0 heterocycles. The Balaban J connectivity index is 2.13. The summed E-state index contributed by atoms with van der Waals surface area (Å²) in [5, 5.41) is 12.4. The third kappa shape index (κ3) is 4.71. The molecule has 0 atom stereocenters. The first-order valence-corrected chi connectivity index (χ1v) is 7.98. The second-order valence-electron chi connectivity index (χ2n) is 4.98. The summed E-state index contributed by atoms with van der Waals surface area (Å²) in [4.78, 5) is 23.2. The van der Waals surface area contributed by atoms with Crippen molar-refractivity contribution in [1.82, 2.24) is 0 Å². The number of carboxylic acid groups (broad SMARTS) is 1. The van der Waals surface area contributed by atoms with E-state index in [0.717, 1.165) is 0 Å². The zero-order valence-electron chi connectivity index (χ0n) is 13.8. The summed E-state index contributed by atoms with van der Waals surface area (Å²) in [6.07, 6.45) is 0. The van der Waals surface area contributed by atoms with Gasteiger partial charge < -0.3 is 24.6 Å². The number of nitrogens with one attached hydrogen (secondary N) is 1. The van der Waals surface area contributed by atoms with Crippen molar-refractivity contribution in [3.63, 3.8) is 0 Å². The van der Waals surface area contributed by atoms with Crippen LogP contribution in [0.15, 0.2) is 30.3 Å². The Labute approximate surface area is 159 Å². The van der Waals surface area contributed by atoms with Gasteiger partial charge in [0.2, 0.25) is 5.75 Å². The quantitative estimate of drug-likeness (QED) is 0.736. The number of methoxy groups -OCH3 is 2. The largest absolute Gasteiger partial charge is 0.493 e. The van der Waals surface area contributed by atoms with Gasteiger partial charge in [-0.1, -0.05) is 23.2 Å². The molecule has 0 radical (unpaired) electrons. The summed E-state index contributed by atoms with van der Waals surface area (Å²) >= 11 is 11.7. The van der Waals surface area contributed by atoms with Crippen LogP contribution in [0.5, 0.6) is 17.2 Å². The van der Waals surface area contributed by atoms with Crippen molar-refractivity contribution < 1.29 is 28.9 Å². The van der Waals surface area contributed by atoms with E-state index in [9.17, 15) is 9.59 Å². The van der Waals surface area contributed by atoms with E-state index in [-0.39, 0.29) is 29.4 Å². The number of ether oxygens (including phenoxy) is 3. The van der Waals surface area contributed by atoms with Gasteiger partial charge in [0.1, 0.15) is 0 Å². The van der Waals surface area contributed by atoms with Crippen LogP contribution in [0.25, 0.3) is 0 Å². The first-order chi connectivity index (χ1) is 12.3. The molecule has 0 saturated carbocycles. The number of carbonyl (C=O) groups is 2. The maximum Gasteiger partial charge on any atom is 0.335 e. The van der Waals surface area contributed by atoms with Gasteiger partial charge in [-0.25, -0.2) is 4.79 Å². The molecule has 0 aliphatic carbocycles. The van der Waals surface area contributed by atoms with Gasteiger partial charge >= 0.3 is 5.97 Å². The fraction of sp³-hybridized carbons (Fsp3) is 0.176. The molecule has 0 unspecified atom stereocenters. The van der Waals surface area contributed by atoms with Crippen LogP contribution in [-0.2, 0) is 4.79 Å². The Morgan fingerprint density at radius 2 is 1.65 bits per heavy atom. The summed E-state index contributed by atoms with van der Waals surface area (Å²) < 4.78 is 15.7. The predicted molar refractivity (Wildman–Crippen MR) is 97.1 cm³/mol. The van der Waals surface area contributed by atoms with Gasteiger partial charge in [-0.15, -0.1) is 0 Å². The minimum absolute atomic E-state index is 0.0358. The van der Waals surface area contributed by atoms with E-state index < -0.39 is 11.9 Å². The van der Waals surface area contributed by atoms with E-state index in [1.54, 1.807) is 12.1 Å². The molecule has 1 amide bonds. The number of hydrogen-bond acceptors (Lipinski definition) is 5. The third-order valence-electron chi connectivity index (χ3n) is 3.26. The van der Waals surface area contributed by atoms with Crippen molar-refractivity contribution >= 4 is 40.8 Å². The topological polar surface area (TPSA) is 94.1 Å². The lowest BCUT2D eigenvalue weighted by atomic mass is 10.2. The van der Waals surface area contributed by atoms with Crippen LogP contribution in [0, 0.1) is 0 Å². The summed E-state index contributed by atoms with van der Waals surface area (Å²) in [5.74, 6) is -1.24. The monoisotopic (exact) mass is 399 g/mol. The molecule has 2 N–H and O–H groups in total. The van der Waals surface area contributed by atoms with Gasteiger partial charge in [0.15, 0.2) is 18.1 Å². The molecule has 0 aromatic heterocycles. The molecule has 2 aromatic carbocycles. The van der Waals surface area contributed by atoms with Crippen LogP contribution in [0.4, 0.5) is 5.69 Å². The van der Waals surface area contributed by atoms with Gasteiger partial charge in [0.05, 0.1) is 29.8 Å². The number of benzene rings is 2. The lowest BCUT2D eigenvalue weighted by molar-refractivity contribution is -0.118. The molecule has 138 valence electrons. The lowest BCUT2D eigenvalue weighted by Gasteiger charge is -2.15. The minimum atomic E-state index is -1.15. The highest BCUT2D eigenvalue weighted by Crippen LogP contribution is 2.38. The van der Waals surface area contributed by atoms with Crippen LogP contribution < -0.4 is 19.5 Å². The zero-order chi connectivity index (χ0) is 19.3. The Hall–Kier alpha value is -2.64. The van der Waals surface area contributed by atoms with Crippen molar-refractivity contribution in [3.05, 3.63) is 45.9 Å². The fourth-order valence-electron chi connectivity index (χ4n) is 2.05. The Morgan fingerprint density at radius 1 is 1.04 bits per heavy atom. The van der Waals surface area contributed by atoms with E-state index >= 15 is 0 Å².